The fraction of sp³-hybridized carbons (Fsp3) is 0.522. The van der Waals surface area contributed by atoms with E-state index >= 15 is 0 Å². The maximum Gasteiger partial charge on any atom is 0.272 e. The van der Waals surface area contributed by atoms with Crippen LogP contribution in [0.15, 0.2) is 24.3 Å². The van der Waals surface area contributed by atoms with Crippen molar-refractivity contribution in [3.05, 3.63) is 51.8 Å². The Labute approximate surface area is 209 Å². The molecule has 4 rings (SSSR count). The number of rotatable bonds is 9. The van der Waals surface area contributed by atoms with Gasteiger partial charge in [-0.2, -0.15) is 5.10 Å². The minimum atomic E-state index is -3.81. The highest BCUT2D eigenvalue weighted by Gasteiger charge is 2.61. The van der Waals surface area contributed by atoms with Crippen molar-refractivity contribution < 1.29 is 23.1 Å². The number of sulfone groups is 1. The fourth-order valence-electron chi connectivity index (χ4n) is 4.55. The van der Waals surface area contributed by atoms with Crippen LogP contribution in [0, 0.1) is 0 Å². The molecule has 190 valence electrons. The molecule has 1 aliphatic carbocycles. The number of amides is 2. The van der Waals surface area contributed by atoms with Crippen LogP contribution in [0.2, 0.25) is 5.02 Å². The van der Waals surface area contributed by atoms with E-state index in [4.69, 9.17) is 17.3 Å². The molecule has 0 saturated heterocycles. The zero-order chi connectivity index (χ0) is 25.6. The Morgan fingerprint density at radius 3 is 2.54 bits per heavy atom. The summed E-state index contributed by atoms with van der Waals surface area (Å²) in [6, 6.07) is 7.10. The van der Waals surface area contributed by atoms with E-state index in [1.165, 1.54) is 16.5 Å². The highest BCUT2D eigenvalue weighted by atomic mass is 35.5. The average molecular weight is 524 g/mol. The molecule has 1 aliphatic heterocycles. The predicted molar refractivity (Wildman–Crippen MR) is 131 cm³/mol. The molecule has 2 amide bonds. The quantitative estimate of drug-likeness (QED) is 0.437. The van der Waals surface area contributed by atoms with Crippen LogP contribution in [0.25, 0.3) is 0 Å². The Hall–Kier alpha value is -2.47. The molecule has 0 spiro atoms. The van der Waals surface area contributed by atoms with Crippen molar-refractivity contribution in [1.29, 1.82) is 0 Å². The van der Waals surface area contributed by atoms with Crippen molar-refractivity contribution in [2.75, 3.05) is 26.2 Å². The van der Waals surface area contributed by atoms with Gasteiger partial charge in [0.1, 0.15) is 10.4 Å². The summed E-state index contributed by atoms with van der Waals surface area (Å²) in [7, 11) is -2.21. The molecule has 1 saturated carbocycles. The van der Waals surface area contributed by atoms with E-state index in [1.54, 1.807) is 19.2 Å². The van der Waals surface area contributed by atoms with Gasteiger partial charge >= 0.3 is 0 Å². The average Bonchev–Trinajstić information content (AvgIpc) is 3.56. The molecule has 2 aliphatic rings. The molecular formula is C23H30ClN5O5S. The minimum Gasteiger partial charge on any atom is -0.395 e. The number of fused-ring (bicyclic) bond motifs is 1. The van der Waals surface area contributed by atoms with Gasteiger partial charge < -0.3 is 21.1 Å². The van der Waals surface area contributed by atoms with Gasteiger partial charge in [-0.05, 0) is 43.9 Å². The van der Waals surface area contributed by atoms with Crippen molar-refractivity contribution in [3.8, 4) is 0 Å². The summed E-state index contributed by atoms with van der Waals surface area (Å²) in [5.74, 6) is -0.751. The summed E-state index contributed by atoms with van der Waals surface area (Å²) in [6.07, 6.45) is 1.19. The van der Waals surface area contributed by atoms with E-state index in [0.29, 0.717) is 29.8 Å². The van der Waals surface area contributed by atoms with Crippen molar-refractivity contribution in [2.45, 2.75) is 42.2 Å². The van der Waals surface area contributed by atoms with E-state index in [1.807, 2.05) is 12.1 Å². The number of carbonyl (C=O) groups is 2. The Morgan fingerprint density at radius 1 is 1.31 bits per heavy atom. The highest BCUT2D eigenvalue weighted by molar-refractivity contribution is 7.94. The van der Waals surface area contributed by atoms with Gasteiger partial charge in [0.25, 0.3) is 11.8 Å². The Bertz CT molecular complexity index is 1250. The van der Waals surface area contributed by atoms with Crippen LogP contribution in [0.5, 0.6) is 0 Å². The number of carbonyl (C=O) groups excluding carboxylic acids is 2. The summed E-state index contributed by atoms with van der Waals surface area (Å²) in [5, 5.41) is 17.5. The van der Waals surface area contributed by atoms with Gasteiger partial charge in [0.2, 0.25) is 0 Å². The van der Waals surface area contributed by atoms with E-state index in [0.717, 1.165) is 5.56 Å². The zero-order valence-electron chi connectivity index (χ0n) is 19.8. The van der Waals surface area contributed by atoms with Crippen molar-refractivity contribution >= 4 is 33.3 Å². The molecule has 2 heterocycles. The number of aromatic nitrogens is 2. The normalized spacial score (nSPS) is 18.7. The Kier molecular flexibility index (Phi) is 6.73. The second-order valence-corrected chi connectivity index (χ2v) is 12.9. The number of benzene rings is 1. The molecule has 2 aromatic rings. The van der Waals surface area contributed by atoms with Crippen molar-refractivity contribution in [1.82, 2.24) is 20.0 Å². The van der Waals surface area contributed by atoms with Crippen LogP contribution >= 0.6 is 11.6 Å². The first-order valence-corrected chi connectivity index (χ1v) is 13.3. The molecule has 1 fully saturated rings. The molecule has 0 bridgehead atoms. The number of nitrogens with two attached hydrogens (primary N) is 1. The van der Waals surface area contributed by atoms with Crippen molar-refractivity contribution in [2.24, 2.45) is 12.8 Å². The molecule has 1 aromatic heterocycles. The SMILES string of the molecule is Cn1nc(C(=O)NCc2ccc(Cl)cc2)c2c1C(=O)N(CC1(S(=O)(=O)[C@](C)(CN)CO)CC1)CC2. The molecule has 1 atom stereocenters. The molecule has 35 heavy (non-hydrogen) atoms. The first kappa shape index (κ1) is 25.6. The molecular weight excluding hydrogens is 494 g/mol. The van der Waals surface area contributed by atoms with Gasteiger partial charge in [0, 0.05) is 43.8 Å². The van der Waals surface area contributed by atoms with Crippen LogP contribution in [0.1, 0.15) is 51.9 Å². The third-order valence-corrected chi connectivity index (χ3v) is 10.6. The number of hydrogen-bond donors (Lipinski definition) is 3. The summed E-state index contributed by atoms with van der Waals surface area (Å²) >= 11 is 5.90. The summed E-state index contributed by atoms with van der Waals surface area (Å²) < 4.78 is 25.5. The zero-order valence-corrected chi connectivity index (χ0v) is 21.3. The number of hydrogen-bond acceptors (Lipinski definition) is 7. The lowest BCUT2D eigenvalue weighted by molar-refractivity contribution is 0.0724. The summed E-state index contributed by atoms with van der Waals surface area (Å²) in [4.78, 5) is 27.7. The number of aliphatic hydroxyl groups is 1. The van der Waals surface area contributed by atoms with Crippen LogP contribution in [-0.4, -0.2) is 75.8 Å². The van der Waals surface area contributed by atoms with Crippen LogP contribution in [-0.2, 0) is 29.9 Å². The topological polar surface area (TPSA) is 148 Å². The largest absolute Gasteiger partial charge is 0.395 e. The third-order valence-electron chi connectivity index (χ3n) is 7.12. The van der Waals surface area contributed by atoms with Gasteiger partial charge in [-0.15, -0.1) is 0 Å². The molecule has 4 N–H and O–H groups in total. The lowest BCUT2D eigenvalue weighted by Crippen LogP contribution is -2.55. The maximum atomic E-state index is 13.4. The Balaban J connectivity index is 1.51. The summed E-state index contributed by atoms with van der Waals surface area (Å²) in [5.41, 5.74) is 7.59. The summed E-state index contributed by atoms with van der Waals surface area (Å²) in [6.45, 7) is 1.22. The van der Waals surface area contributed by atoms with Crippen LogP contribution in [0.4, 0.5) is 0 Å². The molecule has 1 aromatic carbocycles. The van der Waals surface area contributed by atoms with E-state index in [-0.39, 0.29) is 49.4 Å². The van der Waals surface area contributed by atoms with Gasteiger partial charge in [0.15, 0.2) is 15.5 Å². The Morgan fingerprint density at radius 2 is 1.97 bits per heavy atom. The second kappa shape index (κ2) is 9.20. The van der Waals surface area contributed by atoms with E-state index in [2.05, 4.69) is 10.4 Å². The van der Waals surface area contributed by atoms with Crippen LogP contribution in [0.3, 0.4) is 0 Å². The van der Waals surface area contributed by atoms with Gasteiger partial charge in [-0.1, -0.05) is 23.7 Å². The monoisotopic (exact) mass is 523 g/mol. The molecule has 0 unspecified atom stereocenters. The van der Waals surface area contributed by atoms with Gasteiger partial charge in [-0.3, -0.25) is 14.3 Å². The first-order chi connectivity index (χ1) is 16.5. The number of nitrogens with one attached hydrogen (secondary N) is 1. The third kappa shape index (κ3) is 4.35. The molecule has 0 radical (unpaired) electrons. The fourth-order valence-corrected chi connectivity index (χ4v) is 7.08. The number of aliphatic hydroxyl groups excluding tert-OH is 1. The van der Waals surface area contributed by atoms with Crippen LogP contribution < -0.4 is 11.1 Å². The second-order valence-electron chi connectivity index (χ2n) is 9.58. The smallest absolute Gasteiger partial charge is 0.272 e. The number of halogens is 1. The molecule has 10 nitrogen and oxygen atoms in total. The van der Waals surface area contributed by atoms with E-state index < -0.39 is 25.9 Å². The predicted octanol–water partition coefficient (Wildman–Crippen LogP) is 0.659. The molecule has 12 heteroatoms. The standard InChI is InChI=1S/C23H30ClN5O5S/c1-22(12-25,14-30)35(33,34)23(8-9-23)13-29-10-7-17-18(27-28(2)19(17)21(29)32)20(31)26-11-15-3-5-16(24)6-4-15/h3-6,30H,7-14,25H2,1-2H3,(H,26,31)/t22-/m1/s1. The number of aryl methyl sites for hydroxylation is 1. The van der Waals surface area contributed by atoms with Gasteiger partial charge in [-0.25, -0.2) is 8.42 Å². The lowest BCUT2D eigenvalue weighted by Gasteiger charge is -2.35. The van der Waals surface area contributed by atoms with E-state index in [9.17, 15) is 23.1 Å². The minimum absolute atomic E-state index is 0.0203. The lowest BCUT2D eigenvalue weighted by atomic mass is 10.0. The maximum absolute atomic E-state index is 13.4. The van der Waals surface area contributed by atoms with Crippen molar-refractivity contribution in [3.63, 3.8) is 0 Å². The first-order valence-electron chi connectivity index (χ1n) is 11.4. The van der Waals surface area contributed by atoms with Gasteiger partial charge in [0.05, 0.1) is 11.4 Å². The number of nitrogens with zero attached hydrogens (tertiary/aromatic N) is 3. The highest BCUT2D eigenvalue weighted by Crippen LogP contribution is 2.49.